The molecule has 0 spiro atoms. The van der Waals surface area contributed by atoms with E-state index in [1.807, 2.05) is 0 Å². The van der Waals surface area contributed by atoms with E-state index in [9.17, 15) is 4.79 Å². The van der Waals surface area contributed by atoms with E-state index in [2.05, 4.69) is 29.0 Å². The number of likely N-dealkylation sites (tertiary alicyclic amines) is 1. The molecule has 0 bridgehead atoms. The van der Waals surface area contributed by atoms with Gasteiger partial charge in [0.05, 0.1) is 5.54 Å². The van der Waals surface area contributed by atoms with Gasteiger partial charge in [-0.05, 0) is 33.1 Å². The molecule has 0 aromatic carbocycles. The van der Waals surface area contributed by atoms with Crippen LogP contribution in [0.2, 0.25) is 0 Å². The molecule has 0 aromatic rings. The summed E-state index contributed by atoms with van der Waals surface area (Å²) in [7, 11) is 0. The molecule has 1 unspecified atom stereocenters. The predicted octanol–water partition coefficient (Wildman–Crippen LogP) is 1.07. The van der Waals surface area contributed by atoms with Gasteiger partial charge in [0, 0.05) is 44.7 Å². The molecule has 1 amide bonds. The Kier molecular flexibility index (Phi) is 3.56. The molecule has 0 aromatic heterocycles. The van der Waals surface area contributed by atoms with Gasteiger partial charge in [-0.1, -0.05) is 6.42 Å². The van der Waals surface area contributed by atoms with Crippen molar-refractivity contribution < 1.29 is 4.79 Å². The number of amides is 1. The Balaban J connectivity index is 1.69. The van der Waals surface area contributed by atoms with Crippen LogP contribution in [-0.4, -0.2) is 60.0 Å². The van der Waals surface area contributed by atoms with Gasteiger partial charge in [0.25, 0.3) is 0 Å². The molecular weight excluding hydrogens is 238 g/mol. The zero-order chi connectivity index (χ0) is 13.5. The molecule has 2 aliphatic heterocycles. The summed E-state index contributed by atoms with van der Waals surface area (Å²) < 4.78 is 0. The van der Waals surface area contributed by atoms with Gasteiger partial charge in [-0.15, -0.1) is 0 Å². The van der Waals surface area contributed by atoms with Gasteiger partial charge in [-0.25, -0.2) is 0 Å². The molecule has 3 fully saturated rings. The van der Waals surface area contributed by atoms with Crippen molar-refractivity contribution >= 4 is 5.91 Å². The third-order valence-corrected chi connectivity index (χ3v) is 5.45. The Morgan fingerprint density at radius 2 is 1.79 bits per heavy atom. The van der Waals surface area contributed by atoms with Crippen LogP contribution < -0.4 is 5.32 Å². The highest BCUT2D eigenvalue weighted by Gasteiger charge is 2.48. The summed E-state index contributed by atoms with van der Waals surface area (Å²) in [4.78, 5) is 17.3. The van der Waals surface area contributed by atoms with Gasteiger partial charge in [0.2, 0.25) is 5.91 Å². The molecule has 1 atom stereocenters. The van der Waals surface area contributed by atoms with E-state index in [1.54, 1.807) is 0 Å². The monoisotopic (exact) mass is 265 g/mol. The van der Waals surface area contributed by atoms with Crippen LogP contribution in [0.1, 0.15) is 39.5 Å². The second-order valence-corrected chi connectivity index (χ2v) is 6.86. The fourth-order valence-electron chi connectivity index (χ4n) is 3.97. The molecule has 108 valence electrons. The largest absolute Gasteiger partial charge is 0.336 e. The second-order valence-electron chi connectivity index (χ2n) is 6.86. The molecule has 4 heteroatoms. The molecule has 1 saturated carbocycles. The first-order valence-electron chi connectivity index (χ1n) is 7.87. The van der Waals surface area contributed by atoms with Crippen LogP contribution in [0.15, 0.2) is 0 Å². The highest BCUT2D eigenvalue weighted by atomic mass is 16.2. The van der Waals surface area contributed by atoms with E-state index in [4.69, 9.17) is 0 Å². The number of nitrogens with zero attached hydrogens (tertiary/aromatic N) is 2. The minimum atomic E-state index is 0.00398. The van der Waals surface area contributed by atoms with Crippen molar-refractivity contribution in [1.29, 1.82) is 0 Å². The minimum Gasteiger partial charge on any atom is -0.336 e. The molecular formula is C15H27N3O. The molecule has 19 heavy (non-hydrogen) atoms. The quantitative estimate of drug-likeness (QED) is 0.811. The number of hydrogen-bond acceptors (Lipinski definition) is 3. The molecule has 3 rings (SSSR count). The summed E-state index contributed by atoms with van der Waals surface area (Å²) in [6.07, 6.45) is 4.62. The number of piperazine rings is 1. The summed E-state index contributed by atoms with van der Waals surface area (Å²) >= 11 is 0. The number of hydrogen-bond donors (Lipinski definition) is 1. The maximum Gasteiger partial charge on any atom is 0.226 e. The second kappa shape index (κ2) is 5.06. The van der Waals surface area contributed by atoms with Crippen molar-refractivity contribution in [3.8, 4) is 0 Å². The van der Waals surface area contributed by atoms with Gasteiger partial charge >= 0.3 is 0 Å². The first-order valence-corrected chi connectivity index (χ1v) is 7.87. The number of carbonyl (C=O) groups is 1. The molecule has 1 N–H and O–H groups in total. The van der Waals surface area contributed by atoms with Gasteiger partial charge < -0.3 is 10.2 Å². The standard InChI is InChI=1S/C15H27N3O/c1-15(2)13(17-10-7-16-8-11-17)6-9-18(15)14(19)12-4-3-5-12/h12-13,16H,3-11H2,1-2H3. The highest BCUT2D eigenvalue weighted by molar-refractivity contribution is 5.80. The van der Waals surface area contributed by atoms with Gasteiger partial charge in [-0.3, -0.25) is 9.69 Å². The van der Waals surface area contributed by atoms with Crippen molar-refractivity contribution in [3.63, 3.8) is 0 Å². The van der Waals surface area contributed by atoms with Crippen LogP contribution in [0.4, 0.5) is 0 Å². The predicted molar refractivity (Wildman–Crippen MR) is 76.0 cm³/mol. The Bertz CT molecular complexity index is 345. The van der Waals surface area contributed by atoms with E-state index in [0.717, 1.165) is 52.0 Å². The van der Waals surface area contributed by atoms with Crippen molar-refractivity contribution in [2.24, 2.45) is 5.92 Å². The molecule has 2 saturated heterocycles. The van der Waals surface area contributed by atoms with Gasteiger partial charge in [0.1, 0.15) is 0 Å². The maximum atomic E-state index is 12.6. The summed E-state index contributed by atoms with van der Waals surface area (Å²) in [5, 5.41) is 3.41. The van der Waals surface area contributed by atoms with Gasteiger partial charge in [-0.2, -0.15) is 0 Å². The lowest BCUT2D eigenvalue weighted by Crippen LogP contribution is -2.58. The van der Waals surface area contributed by atoms with Crippen LogP contribution in [0.3, 0.4) is 0 Å². The van der Waals surface area contributed by atoms with Crippen LogP contribution >= 0.6 is 0 Å². The molecule has 1 aliphatic carbocycles. The van der Waals surface area contributed by atoms with E-state index in [1.165, 1.54) is 6.42 Å². The normalized spacial score (nSPS) is 32.3. The van der Waals surface area contributed by atoms with Crippen LogP contribution in [0, 0.1) is 5.92 Å². The summed E-state index contributed by atoms with van der Waals surface area (Å²) in [5.41, 5.74) is 0.00398. The van der Waals surface area contributed by atoms with Crippen molar-refractivity contribution in [3.05, 3.63) is 0 Å². The van der Waals surface area contributed by atoms with Gasteiger partial charge in [0.15, 0.2) is 0 Å². The molecule has 0 radical (unpaired) electrons. The summed E-state index contributed by atoms with van der Waals surface area (Å²) in [6.45, 7) is 9.91. The first kappa shape index (κ1) is 13.4. The van der Waals surface area contributed by atoms with Crippen LogP contribution in [0.25, 0.3) is 0 Å². The lowest BCUT2D eigenvalue weighted by molar-refractivity contribution is -0.142. The lowest BCUT2D eigenvalue weighted by atomic mass is 9.83. The third kappa shape index (κ3) is 2.29. The average Bonchev–Trinajstić information content (AvgIpc) is 2.63. The zero-order valence-corrected chi connectivity index (χ0v) is 12.3. The first-order chi connectivity index (χ1) is 9.10. The molecule has 3 aliphatic rings. The Morgan fingerprint density at radius 3 is 2.37 bits per heavy atom. The minimum absolute atomic E-state index is 0.00398. The Labute approximate surface area is 116 Å². The Hall–Kier alpha value is -0.610. The molecule has 2 heterocycles. The maximum absolute atomic E-state index is 12.6. The van der Waals surface area contributed by atoms with E-state index < -0.39 is 0 Å². The summed E-state index contributed by atoms with van der Waals surface area (Å²) in [6, 6.07) is 0.540. The topological polar surface area (TPSA) is 35.6 Å². The molecule has 4 nitrogen and oxygen atoms in total. The van der Waals surface area contributed by atoms with E-state index in [0.29, 0.717) is 17.9 Å². The fourth-order valence-corrected chi connectivity index (χ4v) is 3.97. The zero-order valence-electron chi connectivity index (χ0n) is 12.3. The Morgan fingerprint density at radius 1 is 1.11 bits per heavy atom. The van der Waals surface area contributed by atoms with Crippen molar-refractivity contribution in [1.82, 2.24) is 15.1 Å². The lowest BCUT2D eigenvalue weighted by Gasteiger charge is -2.44. The smallest absolute Gasteiger partial charge is 0.226 e. The highest BCUT2D eigenvalue weighted by Crippen LogP contribution is 2.37. The van der Waals surface area contributed by atoms with E-state index in [-0.39, 0.29) is 5.54 Å². The van der Waals surface area contributed by atoms with Crippen molar-refractivity contribution in [2.75, 3.05) is 32.7 Å². The van der Waals surface area contributed by atoms with E-state index >= 15 is 0 Å². The van der Waals surface area contributed by atoms with Crippen molar-refractivity contribution in [2.45, 2.75) is 51.1 Å². The average molecular weight is 265 g/mol. The number of carbonyl (C=O) groups excluding carboxylic acids is 1. The summed E-state index contributed by atoms with van der Waals surface area (Å²) in [5.74, 6) is 0.759. The SMILES string of the molecule is CC1(C)C(N2CCNCC2)CCN1C(=O)C1CCC1. The number of nitrogens with one attached hydrogen (secondary N) is 1. The fraction of sp³-hybridized carbons (Fsp3) is 0.933. The third-order valence-electron chi connectivity index (χ3n) is 5.45. The van der Waals surface area contributed by atoms with Crippen LogP contribution in [-0.2, 0) is 4.79 Å². The van der Waals surface area contributed by atoms with Crippen LogP contribution in [0.5, 0.6) is 0 Å². The number of rotatable bonds is 2.